The number of rotatable bonds is 3. The van der Waals surface area contributed by atoms with E-state index >= 15 is 0 Å². The summed E-state index contributed by atoms with van der Waals surface area (Å²) in [7, 11) is -3.62. The summed E-state index contributed by atoms with van der Waals surface area (Å²) in [4.78, 5) is 2.88. The maximum Gasteiger partial charge on any atom is 0.274 e. The summed E-state index contributed by atoms with van der Waals surface area (Å²) in [6.45, 7) is 1.70. The van der Waals surface area contributed by atoms with Crippen molar-refractivity contribution in [2.24, 2.45) is 5.14 Å². The maximum atomic E-state index is 10.6. The molecule has 6 heteroatoms. The predicted octanol–water partition coefficient (Wildman–Crippen LogP) is -0.131. The van der Waals surface area contributed by atoms with Crippen molar-refractivity contribution in [3.05, 3.63) is 24.0 Å². The van der Waals surface area contributed by atoms with E-state index in [1.807, 2.05) is 0 Å². The van der Waals surface area contributed by atoms with Gasteiger partial charge in [-0.2, -0.15) is 13.1 Å². The Balaban J connectivity index is 2.68. The number of hydrogen-bond donors (Lipinski definition) is 3. The van der Waals surface area contributed by atoms with Gasteiger partial charge in [-0.05, 0) is 19.1 Å². The lowest BCUT2D eigenvalue weighted by molar-refractivity contribution is 0.566. The first-order valence-electron chi connectivity index (χ1n) is 3.42. The molecule has 0 saturated heterocycles. The van der Waals surface area contributed by atoms with E-state index in [2.05, 4.69) is 9.71 Å². The van der Waals surface area contributed by atoms with E-state index in [1.54, 1.807) is 25.3 Å². The number of aromatic nitrogens is 1. The molecule has 4 N–H and O–H groups in total. The zero-order valence-electron chi connectivity index (χ0n) is 6.61. The van der Waals surface area contributed by atoms with E-state index in [9.17, 15) is 8.42 Å². The van der Waals surface area contributed by atoms with Gasteiger partial charge >= 0.3 is 0 Å². The molecule has 0 aliphatic heterocycles. The Hall–Kier alpha value is -0.850. The second-order valence-electron chi connectivity index (χ2n) is 2.51. The van der Waals surface area contributed by atoms with Crippen LogP contribution in [0.2, 0.25) is 0 Å². The highest BCUT2D eigenvalue weighted by Crippen LogP contribution is 2.08. The van der Waals surface area contributed by atoms with E-state index in [0.29, 0.717) is 0 Å². The molecule has 0 radical (unpaired) electrons. The average molecular weight is 189 g/mol. The topological polar surface area (TPSA) is 88.0 Å². The first-order valence-corrected chi connectivity index (χ1v) is 4.97. The first kappa shape index (κ1) is 9.24. The van der Waals surface area contributed by atoms with Gasteiger partial charge in [0.15, 0.2) is 0 Å². The highest BCUT2D eigenvalue weighted by Gasteiger charge is 2.10. The number of nitrogens with one attached hydrogen (secondary N) is 2. The van der Waals surface area contributed by atoms with Gasteiger partial charge in [0.25, 0.3) is 10.2 Å². The lowest BCUT2D eigenvalue weighted by Gasteiger charge is -2.09. The largest absolute Gasteiger partial charge is 0.364 e. The summed E-state index contributed by atoms with van der Waals surface area (Å²) in [6, 6.07) is 3.24. The van der Waals surface area contributed by atoms with Crippen LogP contribution in [0.3, 0.4) is 0 Å². The normalized spacial score (nSPS) is 14.5. The third-order valence-electron chi connectivity index (χ3n) is 1.43. The van der Waals surface area contributed by atoms with Gasteiger partial charge in [0.05, 0.1) is 6.04 Å². The van der Waals surface area contributed by atoms with Crippen LogP contribution in [0.1, 0.15) is 18.7 Å². The Morgan fingerprint density at radius 1 is 1.67 bits per heavy atom. The highest BCUT2D eigenvalue weighted by molar-refractivity contribution is 7.87. The predicted molar refractivity (Wildman–Crippen MR) is 45.5 cm³/mol. The molecule has 0 aromatic carbocycles. The molecule has 68 valence electrons. The van der Waals surface area contributed by atoms with E-state index in [0.717, 1.165) is 5.69 Å². The standard InChI is InChI=1S/C6H11N3O2S/c1-5(9-12(7,10)11)6-3-2-4-8-6/h2-5,8-9H,1H3,(H2,7,10,11). The summed E-state index contributed by atoms with van der Waals surface area (Å²) in [5.41, 5.74) is 0.782. The molecule has 0 amide bonds. The van der Waals surface area contributed by atoms with Gasteiger partial charge in [0, 0.05) is 11.9 Å². The van der Waals surface area contributed by atoms with E-state index < -0.39 is 10.2 Å². The van der Waals surface area contributed by atoms with Gasteiger partial charge < -0.3 is 4.98 Å². The first-order chi connectivity index (χ1) is 5.49. The van der Waals surface area contributed by atoms with Crippen LogP contribution in [0.5, 0.6) is 0 Å². The SMILES string of the molecule is CC(NS(N)(=O)=O)c1ccc[nH]1. The molecule has 0 bridgehead atoms. The Morgan fingerprint density at radius 3 is 2.75 bits per heavy atom. The van der Waals surface area contributed by atoms with Gasteiger partial charge in [0.1, 0.15) is 0 Å². The van der Waals surface area contributed by atoms with Gasteiger partial charge in [0.2, 0.25) is 0 Å². The van der Waals surface area contributed by atoms with Crippen LogP contribution >= 0.6 is 0 Å². The average Bonchev–Trinajstić information content (AvgIpc) is 2.32. The fourth-order valence-corrected chi connectivity index (χ4v) is 1.54. The lowest BCUT2D eigenvalue weighted by atomic mass is 10.3. The molecule has 0 spiro atoms. The minimum atomic E-state index is -3.62. The fourth-order valence-electron chi connectivity index (χ4n) is 0.923. The highest BCUT2D eigenvalue weighted by atomic mass is 32.2. The second kappa shape index (κ2) is 3.26. The summed E-state index contributed by atoms with van der Waals surface area (Å²) >= 11 is 0. The summed E-state index contributed by atoms with van der Waals surface area (Å²) in [5, 5.41) is 4.79. The van der Waals surface area contributed by atoms with Crippen molar-refractivity contribution in [1.82, 2.24) is 9.71 Å². The van der Waals surface area contributed by atoms with Crippen molar-refractivity contribution >= 4 is 10.2 Å². The van der Waals surface area contributed by atoms with Crippen molar-refractivity contribution in [2.75, 3.05) is 0 Å². The summed E-state index contributed by atoms with van der Waals surface area (Å²) in [5.74, 6) is 0. The van der Waals surface area contributed by atoms with Gasteiger partial charge in [-0.1, -0.05) is 0 Å². The Labute approximate surface area is 71.2 Å². The van der Waals surface area contributed by atoms with Crippen molar-refractivity contribution in [1.29, 1.82) is 0 Å². The molecule has 0 aliphatic carbocycles. The molecule has 1 aromatic heterocycles. The Kier molecular flexibility index (Phi) is 2.51. The minimum absolute atomic E-state index is 0.324. The number of nitrogens with two attached hydrogens (primary N) is 1. The number of hydrogen-bond acceptors (Lipinski definition) is 2. The van der Waals surface area contributed by atoms with Crippen molar-refractivity contribution < 1.29 is 8.42 Å². The van der Waals surface area contributed by atoms with Crippen LogP contribution in [0.4, 0.5) is 0 Å². The van der Waals surface area contributed by atoms with Gasteiger partial charge in [-0.15, -0.1) is 0 Å². The molecule has 1 atom stereocenters. The smallest absolute Gasteiger partial charge is 0.274 e. The Morgan fingerprint density at radius 2 is 2.33 bits per heavy atom. The second-order valence-corrected chi connectivity index (χ2v) is 3.84. The summed E-state index contributed by atoms with van der Waals surface area (Å²) in [6.07, 6.45) is 1.72. The monoisotopic (exact) mass is 189 g/mol. The van der Waals surface area contributed by atoms with Crippen LogP contribution in [0.15, 0.2) is 18.3 Å². The molecule has 5 nitrogen and oxygen atoms in total. The molecule has 1 unspecified atom stereocenters. The molecule has 0 fully saturated rings. The zero-order valence-corrected chi connectivity index (χ0v) is 7.43. The van der Waals surface area contributed by atoms with E-state index in [4.69, 9.17) is 5.14 Å². The van der Waals surface area contributed by atoms with Crippen molar-refractivity contribution in [2.45, 2.75) is 13.0 Å². The third-order valence-corrected chi connectivity index (χ3v) is 2.11. The quantitative estimate of drug-likeness (QED) is 0.618. The third kappa shape index (κ3) is 2.65. The molecule has 0 aliphatic rings. The lowest BCUT2D eigenvalue weighted by Crippen LogP contribution is -2.33. The van der Waals surface area contributed by atoms with Crippen LogP contribution in [-0.4, -0.2) is 13.4 Å². The molecule has 0 saturated carbocycles. The number of aromatic amines is 1. The molecule has 1 aromatic rings. The Bertz CT molecular complexity index is 330. The van der Waals surface area contributed by atoms with Crippen LogP contribution < -0.4 is 9.86 Å². The minimum Gasteiger partial charge on any atom is -0.364 e. The molecule has 1 rings (SSSR count). The van der Waals surface area contributed by atoms with E-state index in [1.165, 1.54) is 0 Å². The van der Waals surface area contributed by atoms with Gasteiger partial charge in [-0.25, -0.2) is 5.14 Å². The van der Waals surface area contributed by atoms with Crippen LogP contribution in [-0.2, 0) is 10.2 Å². The maximum absolute atomic E-state index is 10.6. The van der Waals surface area contributed by atoms with E-state index in [-0.39, 0.29) is 6.04 Å². The fraction of sp³-hybridized carbons (Fsp3) is 0.333. The molecule has 1 heterocycles. The van der Waals surface area contributed by atoms with Gasteiger partial charge in [-0.3, -0.25) is 0 Å². The molecular weight excluding hydrogens is 178 g/mol. The number of H-pyrrole nitrogens is 1. The van der Waals surface area contributed by atoms with Crippen LogP contribution in [0.25, 0.3) is 0 Å². The zero-order chi connectivity index (χ0) is 9.19. The summed E-state index contributed by atoms with van der Waals surface area (Å²) < 4.78 is 23.4. The molecule has 12 heavy (non-hydrogen) atoms. The molecular formula is C6H11N3O2S. The van der Waals surface area contributed by atoms with Crippen molar-refractivity contribution in [3.63, 3.8) is 0 Å². The van der Waals surface area contributed by atoms with Crippen molar-refractivity contribution in [3.8, 4) is 0 Å². The van der Waals surface area contributed by atoms with Crippen LogP contribution in [0, 0.1) is 0 Å².